The van der Waals surface area contributed by atoms with Crippen molar-refractivity contribution in [2.24, 2.45) is 5.92 Å². The predicted molar refractivity (Wildman–Crippen MR) is 113 cm³/mol. The Balaban J connectivity index is 1.39. The highest BCUT2D eigenvalue weighted by Gasteiger charge is 2.26. The lowest BCUT2D eigenvalue weighted by Gasteiger charge is -2.32. The standard InChI is InChI=1S/C23H24ClN3O2/c1-16-7-2-4-10-19(16)23-25-21(29-26-23)13-17-8-6-12-27(15-17)22(28)14-18-9-3-5-11-20(18)24/h2-5,7,9-11,17H,6,8,12-15H2,1H3. The number of likely N-dealkylation sites (tertiary alicyclic amines) is 1. The first-order chi connectivity index (χ1) is 14.1. The quantitative estimate of drug-likeness (QED) is 0.611. The molecule has 5 nitrogen and oxygen atoms in total. The largest absolute Gasteiger partial charge is 0.342 e. The van der Waals surface area contributed by atoms with Crippen molar-refractivity contribution in [1.29, 1.82) is 0 Å². The molecule has 1 amide bonds. The second kappa shape index (κ2) is 8.78. The molecule has 0 aliphatic carbocycles. The normalized spacial score (nSPS) is 16.8. The first-order valence-corrected chi connectivity index (χ1v) is 10.4. The molecule has 1 saturated heterocycles. The zero-order valence-electron chi connectivity index (χ0n) is 16.5. The number of halogens is 1. The summed E-state index contributed by atoms with van der Waals surface area (Å²) >= 11 is 6.21. The molecule has 3 aromatic rings. The maximum atomic E-state index is 12.8. The van der Waals surface area contributed by atoms with E-state index in [4.69, 9.17) is 16.1 Å². The van der Waals surface area contributed by atoms with Crippen LogP contribution in [0.5, 0.6) is 0 Å². The Labute approximate surface area is 175 Å². The molecule has 0 saturated carbocycles. The van der Waals surface area contributed by atoms with Gasteiger partial charge >= 0.3 is 0 Å². The van der Waals surface area contributed by atoms with Crippen molar-refractivity contribution >= 4 is 17.5 Å². The summed E-state index contributed by atoms with van der Waals surface area (Å²) in [5.41, 5.74) is 2.98. The number of nitrogens with zero attached hydrogens (tertiary/aromatic N) is 3. The maximum absolute atomic E-state index is 12.8. The smallest absolute Gasteiger partial charge is 0.227 e. The lowest BCUT2D eigenvalue weighted by Crippen LogP contribution is -2.41. The molecule has 1 aliphatic rings. The van der Waals surface area contributed by atoms with E-state index in [0.29, 0.717) is 42.0 Å². The number of carbonyl (C=O) groups is 1. The van der Waals surface area contributed by atoms with E-state index in [-0.39, 0.29) is 5.91 Å². The average Bonchev–Trinajstić information content (AvgIpc) is 3.18. The van der Waals surface area contributed by atoms with Gasteiger partial charge in [-0.3, -0.25) is 4.79 Å². The van der Waals surface area contributed by atoms with Gasteiger partial charge in [0, 0.05) is 30.1 Å². The van der Waals surface area contributed by atoms with Crippen LogP contribution in [0.1, 0.15) is 29.9 Å². The summed E-state index contributed by atoms with van der Waals surface area (Å²) in [4.78, 5) is 19.3. The van der Waals surface area contributed by atoms with Crippen molar-refractivity contribution in [3.05, 3.63) is 70.6 Å². The fourth-order valence-corrected chi connectivity index (χ4v) is 4.10. The van der Waals surface area contributed by atoms with Gasteiger partial charge in [0.05, 0.1) is 6.42 Å². The van der Waals surface area contributed by atoms with Crippen LogP contribution in [0.2, 0.25) is 5.02 Å². The summed E-state index contributed by atoms with van der Waals surface area (Å²) in [5.74, 6) is 1.70. The first kappa shape index (κ1) is 19.6. The van der Waals surface area contributed by atoms with E-state index in [9.17, 15) is 4.79 Å². The lowest BCUT2D eigenvalue weighted by atomic mass is 9.94. The number of carbonyl (C=O) groups excluding carboxylic acids is 1. The highest BCUT2D eigenvalue weighted by Crippen LogP contribution is 2.24. The van der Waals surface area contributed by atoms with Gasteiger partial charge in [-0.25, -0.2) is 0 Å². The molecule has 29 heavy (non-hydrogen) atoms. The van der Waals surface area contributed by atoms with E-state index in [2.05, 4.69) is 10.1 Å². The molecule has 0 bridgehead atoms. The first-order valence-electron chi connectivity index (χ1n) is 10.00. The predicted octanol–water partition coefficient (Wildman–Crippen LogP) is 4.72. The van der Waals surface area contributed by atoms with Crippen molar-refractivity contribution in [2.45, 2.75) is 32.6 Å². The molecule has 1 atom stereocenters. The number of aryl methyl sites for hydroxylation is 1. The van der Waals surface area contributed by atoms with E-state index < -0.39 is 0 Å². The molecular weight excluding hydrogens is 386 g/mol. The Morgan fingerprint density at radius 3 is 2.83 bits per heavy atom. The van der Waals surface area contributed by atoms with Crippen molar-refractivity contribution in [1.82, 2.24) is 15.0 Å². The summed E-state index contributed by atoms with van der Waals surface area (Å²) in [6.45, 7) is 3.54. The van der Waals surface area contributed by atoms with E-state index in [1.807, 2.05) is 60.4 Å². The Morgan fingerprint density at radius 2 is 2.00 bits per heavy atom. The fraction of sp³-hybridized carbons (Fsp3) is 0.348. The summed E-state index contributed by atoms with van der Waals surface area (Å²) in [6, 6.07) is 15.5. The number of rotatable bonds is 5. The molecule has 0 spiro atoms. The Morgan fingerprint density at radius 1 is 1.21 bits per heavy atom. The summed E-state index contributed by atoms with van der Waals surface area (Å²) < 4.78 is 5.50. The van der Waals surface area contributed by atoms with Gasteiger partial charge in [0.1, 0.15) is 0 Å². The molecule has 0 radical (unpaired) electrons. The minimum atomic E-state index is 0.119. The molecule has 1 aromatic heterocycles. The summed E-state index contributed by atoms with van der Waals surface area (Å²) in [5, 5.41) is 4.79. The zero-order valence-corrected chi connectivity index (χ0v) is 17.2. The van der Waals surface area contributed by atoms with Gasteiger partial charge in [-0.2, -0.15) is 4.98 Å². The zero-order chi connectivity index (χ0) is 20.2. The molecule has 1 unspecified atom stereocenters. The van der Waals surface area contributed by atoms with Crippen molar-refractivity contribution in [2.75, 3.05) is 13.1 Å². The van der Waals surface area contributed by atoms with Crippen molar-refractivity contribution < 1.29 is 9.32 Å². The van der Waals surface area contributed by atoms with Crippen molar-refractivity contribution in [3.63, 3.8) is 0 Å². The molecule has 0 N–H and O–H groups in total. The number of aromatic nitrogens is 2. The van der Waals surface area contributed by atoms with Crippen LogP contribution in [0, 0.1) is 12.8 Å². The summed E-state index contributed by atoms with van der Waals surface area (Å²) in [6.07, 6.45) is 3.06. The SMILES string of the molecule is Cc1ccccc1-c1noc(CC2CCCN(C(=O)Cc3ccccc3Cl)C2)n1. The third-order valence-corrected chi connectivity index (χ3v) is 5.86. The van der Waals surface area contributed by atoms with Crippen LogP contribution in [0.3, 0.4) is 0 Å². The summed E-state index contributed by atoms with van der Waals surface area (Å²) in [7, 11) is 0. The van der Waals surface area contributed by atoms with Gasteiger partial charge in [0.25, 0.3) is 0 Å². The molecule has 2 aromatic carbocycles. The Hall–Kier alpha value is -2.66. The Bertz CT molecular complexity index is 1000. The van der Waals surface area contributed by atoms with Gasteiger partial charge < -0.3 is 9.42 Å². The molecule has 2 heterocycles. The fourth-order valence-electron chi connectivity index (χ4n) is 3.89. The van der Waals surface area contributed by atoms with Gasteiger partial charge in [-0.1, -0.05) is 59.2 Å². The van der Waals surface area contributed by atoms with Gasteiger partial charge in [-0.15, -0.1) is 0 Å². The second-order valence-corrected chi connectivity index (χ2v) is 8.05. The minimum Gasteiger partial charge on any atom is -0.342 e. The van der Waals surface area contributed by atoms with Crippen LogP contribution in [0.25, 0.3) is 11.4 Å². The van der Waals surface area contributed by atoms with Gasteiger partial charge in [0.15, 0.2) is 0 Å². The topological polar surface area (TPSA) is 59.2 Å². The molecule has 1 fully saturated rings. The van der Waals surface area contributed by atoms with Crippen LogP contribution in [-0.4, -0.2) is 34.0 Å². The number of piperidine rings is 1. The number of hydrogen-bond acceptors (Lipinski definition) is 4. The van der Waals surface area contributed by atoms with E-state index in [1.165, 1.54) is 0 Å². The van der Waals surface area contributed by atoms with Crippen molar-refractivity contribution in [3.8, 4) is 11.4 Å². The number of hydrogen-bond donors (Lipinski definition) is 0. The third-order valence-electron chi connectivity index (χ3n) is 5.49. The molecular formula is C23H24ClN3O2. The molecule has 1 aliphatic heterocycles. The molecule has 150 valence electrons. The lowest BCUT2D eigenvalue weighted by molar-refractivity contribution is -0.132. The molecule has 6 heteroatoms. The highest BCUT2D eigenvalue weighted by molar-refractivity contribution is 6.31. The van der Waals surface area contributed by atoms with Crippen LogP contribution < -0.4 is 0 Å². The Kier molecular flexibility index (Phi) is 5.95. The minimum absolute atomic E-state index is 0.119. The maximum Gasteiger partial charge on any atom is 0.227 e. The van der Waals surface area contributed by atoms with Crippen LogP contribution in [-0.2, 0) is 17.6 Å². The third kappa shape index (κ3) is 4.67. The highest BCUT2D eigenvalue weighted by atomic mass is 35.5. The average molecular weight is 410 g/mol. The van der Waals surface area contributed by atoms with Crippen LogP contribution in [0.4, 0.5) is 0 Å². The van der Waals surface area contributed by atoms with Crippen LogP contribution >= 0.6 is 11.6 Å². The van der Waals surface area contributed by atoms with E-state index in [0.717, 1.165) is 36.1 Å². The van der Waals surface area contributed by atoms with E-state index >= 15 is 0 Å². The molecule has 4 rings (SSSR count). The number of amides is 1. The van der Waals surface area contributed by atoms with Gasteiger partial charge in [-0.05, 0) is 42.9 Å². The van der Waals surface area contributed by atoms with E-state index in [1.54, 1.807) is 0 Å². The monoisotopic (exact) mass is 409 g/mol. The van der Waals surface area contributed by atoms with Crippen LogP contribution in [0.15, 0.2) is 53.1 Å². The second-order valence-electron chi connectivity index (χ2n) is 7.65. The number of benzene rings is 2. The van der Waals surface area contributed by atoms with Gasteiger partial charge in [0.2, 0.25) is 17.6 Å².